The molecule has 2 N–H and O–H groups in total. The van der Waals surface area contributed by atoms with E-state index in [4.69, 9.17) is 0 Å². The second-order valence-corrected chi connectivity index (χ2v) is 4.86. The molecule has 4 nitrogen and oxygen atoms in total. The van der Waals surface area contributed by atoms with Crippen molar-refractivity contribution in [1.82, 2.24) is 10.2 Å². The lowest BCUT2D eigenvalue weighted by Gasteiger charge is -2.15. The van der Waals surface area contributed by atoms with Crippen molar-refractivity contribution >= 4 is 5.91 Å². The third-order valence-electron chi connectivity index (χ3n) is 2.83. The van der Waals surface area contributed by atoms with Gasteiger partial charge in [0.1, 0.15) is 0 Å². The SMILES string of the molecule is Cc1ccc(C(O)C(=O)NCCN(C)C)c(C)c1. The van der Waals surface area contributed by atoms with Gasteiger partial charge >= 0.3 is 0 Å². The molecule has 0 fully saturated rings. The van der Waals surface area contributed by atoms with E-state index in [1.54, 1.807) is 6.07 Å². The molecule has 1 amide bonds. The first-order valence-corrected chi connectivity index (χ1v) is 6.09. The summed E-state index contributed by atoms with van der Waals surface area (Å²) in [6.07, 6.45) is -1.09. The Bertz CT molecular complexity index is 416. The zero-order chi connectivity index (χ0) is 13.7. The van der Waals surface area contributed by atoms with Crippen molar-refractivity contribution in [2.24, 2.45) is 0 Å². The van der Waals surface area contributed by atoms with E-state index in [0.717, 1.165) is 17.7 Å². The Morgan fingerprint density at radius 1 is 1.39 bits per heavy atom. The van der Waals surface area contributed by atoms with Crippen LogP contribution in [0.1, 0.15) is 22.8 Å². The van der Waals surface area contributed by atoms with Gasteiger partial charge in [0.05, 0.1) is 0 Å². The zero-order valence-electron chi connectivity index (χ0n) is 11.5. The van der Waals surface area contributed by atoms with Gasteiger partial charge in [0, 0.05) is 13.1 Å². The number of aliphatic hydroxyl groups is 1. The van der Waals surface area contributed by atoms with E-state index in [9.17, 15) is 9.90 Å². The third-order valence-corrected chi connectivity index (χ3v) is 2.83. The average Bonchev–Trinajstić information content (AvgIpc) is 2.27. The lowest BCUT2D eigenvalue weighted by atomic mass is 10.0. The van der Waals surface area contributed by atoms with Gasteiger partial charge in [-0.15, -0.1) is 0 Å². The quantitative estimate of drug-likeness (QED) is 0.820. The largest absolute Gasteiger partial charge is 0.378 e. The van der Waals surface area contributed by atoms with Crippen molar-refractivity contribution in [3.05, 3.63) is 34.9 Å². The molecule has 1 rings (SSSR count). The Kier molecular flexibility index (Phi) is 5.31. The van der Waals surface area contributed by atoms with E-state index in [1.807, 2.05) is 45.0 Å². The summed E-state index contributed by atoms with van der Waals surface area (Å²) in [6.45, 7) is 5.18. The summed E-state index contributed by atoms with van der Waals surface area (Å²) >= 11 is 0. The number of benzene rings is 1. The lowest BCUT2D eigenvalue weighted by molar-refractivity contribution is -0.129. The minimum Gasteiger partial charge on any atom is -0.378 e. The van der Waals surface area contributed by atoms with Gasteiger partial charge in [0.25, 0.3) is 5.91 Å². The summed E-state index contributed by atoms with van der Waals surface area (Å²) < 4.78 is 0. The minimum absolute atomic E-state index is 0.344. The maximum absolute atomic E-state index is 11.8. The fourth-order valence-electron chi connectivity index (χ4n) is 1.77. The number of nitrogens with zero attached hydrogens (tertiary/aromatic N) is 1. The molecular formula is C14H22N2O2. The fraction of sp³-hybridized carbons (Fsp3) is 0.500. The first-order valence-electron chi connectivity index (χ1n) is 6.09. The molecule has 1 aromatic carbocycles. The minimum atomic E-state index is -1.09. The van der Waals surface area contributed by atoms with Crippen molar-refractivity contribution in [1.29, 1.82) is 0 Å². The van der Waals surface area contributed by atoms with Crippen molar-refractivity contribution < 1.29 is 9.90 Å². The lowest BCUT2D eigenvalue weighted by Crippen LogP contribution is -2.34. The van der Waals surface area contributed by atoms with E-state index in [0.29, 0.717) is 12.1 Å². The molecule has 0 bridgehead atoms. The number of hydrogen-bond acceptors (Lipinski definition) is 3. The third kappa shape index (κ3) is 4.13. The van der Waals surface area contributed by atoms with Gasteiger partial charge in [-0.2, -0.15) is 0 Å². The topological polar surface area (TPSA) is 52.6 Å². The molecule has 4 heteroatoms. The summed E-state index contributed by atoms with van der Waals surface area (Å²) in [5, 5.41) is 12.7. The van der Waals surface area contributed by atoms with Crippen LogP contribution in [0, 0.1) is 13.8 Å². The smallest absolute Gasteiger partial charge is 0.253 e. The van der Waals surface area contributed by atoms with E-state index in [-0.39, 0.29) is 5.91 Å². The maximum Gasteiger partial charge on any atom is 0.253 e. The molecule has 1 atom stereocenters. The molecule has 0 spiro atoms. The Morgan fingerprint density at radius 3 is 2.61 bits per heavy atom. The van der Waals surface area contributed by atoms with Crippen molar-refractivity contribution in [2.75, 3.05) is 27.2 Å². The van der Waals surface area contributed by atoms with Crippen LogP contribution in [0.4, 0.5) is 0 Å². The molecule has 1 aromatic rings. The van der Waals surface area contributed by atoms with Gasteiger partial charge in [-0.25, -0.2) is 0 Å². The van der Waals surface area contributed by atoms with Gasteiger partial charge in [0.15, 0.2) is 6.10 Å². The van der Waals surface area contributed by atoms with Crippen LogP contribution in [-0.2, 0) is 4.79 Å². The summed E-state index contributed by atoms with van der Waals surface area (Å²) in [7, 11) is 3.87. The maximum atomic E-state index is 11.8. The van der Waals surface area contributed by atoms with Crippen LogP contribution < -0.4 is 5.32 Å². The Hall–Kier alpha value is -1.39. The first-order chi connectivity index (χ1) is 8.41. The highest BCUT2D eigenvalue weighted by Crippen LogP contribution is 2.18. The molecule has 0 aliphatic heterocycles. The Balaban J connectivity index is 2.63. The summed E-state index contributed by atoms with van der Waals surface area (Å²) in [4.78, 5) is 13.8. The standard InChI is InChI=1S/C14H22N2O2/c1-10-5-6-12(11(2)9-10)13(17)14(18)15-7-8-16(3)4/h5-6,9,13,17H,7-8H2,1-4H3,(H,15,18). The van der Waals surface area contributed by atoms with Crippen molar-refractivity contribution in [3.63, 3.8) is 0 Å². The van der Waals surface area contributed by atoms with Gasteiger partial charge < -0.3 is 15.3 Å². The normalized spacial score (nSPS) is 12.6. The van der Waals surface area contributed by atoms with Crippen LogP contribution in [0.15, 0.2) is 18.2 Å². The van der Waals surface area contributed by atoms with Crippen molar-refractivity contribution in [2.45, 2.75) is 20.0 Å². The van der Waals surface area contributed by atoms with Gasteiger partial charge in [-0.1, -0.05) is 23.8 Å². The molecule has 18 heavy (non-hydrogen) atoms. The van der Waals surface area contributed by atoms with Gasteiger partial charge in [-0.05, 0) is 39.1 Å². The molecule has 100 valence electrons. The number of rotatable bonds is 5. The number of carbonyl (C=O) groups is 1. The Morgan fingerprint density at radius 2 is 2.06 bits per heavy atom. The highest BCUT2D eigenvalue weighted by atomic mass is 16.3. The van der Waals surface area contributed by atoms with Crippen LogP contribution in [0.3, 0.4) is 0 Å². The molecule has 0 aliphatic rings. The number of likely N-dealkylation sites (N-methyl/N-ethyl adjacent to an activating group) is 1. The van der Waals surface area contributed by atoms with E-state index < -0.39 is 6.10 Å². The monoisotopic (exact) mass is 250 g/mol. The molecule has 0 saturated heterocycles. The molecule has 0 radical (unpaired) electrons. The number of amides is 1. The Labute approximate surface area is 109 Å². The highest BCUT2D eigenvalue weighted by Gasteiger charge is 2.18. The predicted molar refractivity (Wildman–Crippen MR) is 72.4 cm³/mol. The second-order valence-electron chi connectivity index (χ2n) is 4.86. The van der Waals surface area contributed by atoms with Crippen LogP contribution in [0.2, 0.25) is 0 Å². The van der Waals surface area contributed by atoms with Crippen molar-refractivity contribution in [3.8, 4) is 0 Å². The van der Waals surface area contributed by atoms with Crippen LogP contribution in [-0.4, -0.2) is 43.1 Å². The molecule has 0 aromatic heterocycles. The first kappa shape index (κ1) is 14.7. The number of nitrogens with one attached hydrogen (secondary N) is 1. The molecule has 1 unspecified atom stereocenters. The second kappa shape index (κ2) is 6.52. The number of carbonyl (C=O) groups excluding carboxylic acids is 1. The van der Waals surface area contributed by atoms with E-state index >= 15 is 0 Å². The zero-order valence-corrected chi connectivity index (χ0v) is 11.5. The van der Waals surface area contributed by atoms with Gasteiger partial charge in [0.2, 0.25) is 0 Å². The molecule has 0 heterocycles. The van der Waals surface area contributed by atoms with Crippen LogP contribution >= 0.6 is 0 Å². The van der Waals surface area contributed by atoms with E-state index in [1.165, 1.54) is 0 Å². The predicted octanol–water partition coefficient (Wildman–Crippen LogP) is 1.01. The van der Waals surface area contributed by atoms with Crippen LogP contribution in [0.25, 0.3) is 0 Å². The summed E-state index contributed by atoms with van der Waals surface area (Å²) in [5.41, 5.74) is 2.73. The number of hydrogen-bond donors (Lipinski definition) is 2. The summed E-state index contributed by atoms with van der Waals surface area (Å²) in [6, 6.07) is 5.67. The highest BCUT2D eigenvalue weighted by molar-refractivity contribution is 5.82. The average molecular weight is 250 g/mol. The van der Waals surface area contributed by atoms with Crippen LogP contribution in [0.5, 0.6) is 0 Å². The number of aliphatic hydroxyl groups excluding tert-OH is 1. The molecule has 0 saturated carbocycles. The fourth-order valence-corrected chi connectivity index (χ4v) is 1.77. The number of aryl methyl sites for hydroxylation is 2. The van der Waals surface area contributed by atoms with Gasteiger partial charge in [-0.3, -0.25) is 4.79 Å². The summed E-state index contributed by atoms with van der Waals surface area (Å²) in [5.74, 6) is -0.344. The molecule has 0 aliphatic carbocycles. The van der Waals surface area contributed by atoms with E-state index in [2.05, 4.69) is 5.32 Å². The molecular weight excluding hydrogens is 228 g/mol.